The zero-order chi connectivity index (χ0) is 21.3. The molecule has 2 aromatic heterocycles. The fourth-order valence-electron chi connectivity index (χ4n) is 3.15. The van der Waals surface area contributed by atoms with Crippen molar-refractivity contribution < 1.29 is 14.0 Å². The van der Waals surface area contributed by atoms with Crippen LogP contribution < -0.4 is 22.2 Å². The summed E-state index contributed by atoms with van der Waals surface area (Å²) in [6, 6.07) is 13.3. The molecule has 2 heterocycles. The van der Waals surface area contributed by atoms with Crippen LogP contribution in [0.25, 0.3) is 21.9 Å². The molecule has 0 aliphatic carbocycles. The minimum Gasteiger partial charge on any atom is -0.408 e. The van der Waals surface area contributed by atoms with Gasteiger partial charge in [0.25, 0.3) is 17.4 Å². The van der Waals surface area contributed by atoms with E-state index in [0.717, 1.165) is 4.57 Å². The topological polar surface area (TPSA) is 128 Å². The average molecular weight is 407 g/mol. The lowest BCUT2D eigenvalue weighted by atomic mass is 10.1. The normalized spacial score (nSPS) is 11.0. The van der Waals surface area contributed by atoms with Crippen molar-refractivity contribution in [3.63, 3.8) is 0 Å². The second-order valence-corrected chi connectivity index (χ2v) is 6.44. The van der Waals surface area contributed by atoms with Crippen molar-refractivity contribution in [2.45, 2.75) is 20.0 Å². The fraction of sp³-hybridized carbons (Fsp3) is 0.150. The van der Waals surface area contributed by atoms with Gasteiger partial charge in [0, 0.05) is 11.9 Å². The minimum absolute atomic E-state index is 0.00159. The predicted molar refractivity (Wildman–Crippen MR) is 108 cm³/mol. The van der Waals surface area contributed by atoms with Gasteiger partial charge in [-0.25, -0.2) is 9.48 Å². The Hall–Kier alpha value is -4.21. The molecule has 4 rings (SSSR count). The number of rotatable bonds is 4. The first-order chi connectivity index (χ1) is 14.5. The van der Waals surface area contributed by atoms with Gasteiger partial charge in [0.1, 0.15) is 6.54 Å². The summed E-state index contributed by atoms with van der Waals surface area (Å²) in [6.07, 6.45) is 0. The van der Waals surface area contributed by atoms with E-state index in [0.29, 0.717) is 21.9 Å². The molecule has 4 aromatic rings. The van der Waals surface area contributed by atoms with E-state index >= 15 is 0 Å². The molecular weight excluding hydrogens is 390 g/mol. The number of nitrogens with zero attached hydrogens (tertiary/aromatic N) is 3. The van der Waals surface area contributed by atoms with Crippen LogP contribution in [0.15, 0.2) is 62.5 Å². The van der Waals surface area contributed by atoms with Crippen molar-refractivity contribution in [1.29, 1.82) is 0 Å². The molecule has 0 unspecified atom stereocenters. The maximum absolute atomic E-state index is 12.6. The van der Waals surface area contributed by atoms with Crippen LogP contribution in [0.4, 0.5) is 0 Å². The van der Waals surface area contributed by atoms with Crippen LogP contribution in [0.1, 0.15) is 17.4 Å². The highest BCUT2D eigenvalue weighted by molar-refractivity contribution is 6.05. The van der Waals surface area contributed by atoms with Crippen LogP contribution in [0.2, 0.25) is 0 Å². The van der Waals surface area contributed by atoms with Gasteiger partial charge >= 0.3 is 5.76 Å². The van der Waals surface area contributed by atoms with E-state index in [-0.39, 0.29) is 24.3 Å². The molecule has 2 aromatic carbocycles. The minimum atomic E-state index is -0.689. The van der Waals surface area contributed by atoms with E-state index in [1.807, 2.05) is 0 Å². The predicted octanol–water partition coefficient (Wildman–Crippen LogP) is 0.786. The molecule has 0 radical (unpaired) electrons. The number of amides is 2. The Morgan fingerprint density at radius 1 is 1.00 bits per heavy atom. The van der Waals surface area contributed by atoms with Crippen LogP contribution in [-0.2, 0) is 17.9 Å². The van der Waals surface area contributed by atoms with Crippen molar-refractivity contribution in [3.05, 3.63) is 75.1 Å². The van der Waals surface area contributed by atoms with Crippen LogP contribution >= 0.6 is 0 Å². The Labute approximate surface area is 168 Å². The zero-order valence-electron chi connectivity index (χ0n) is 15.9. The summed E-state index contributed by atoms with van der Waals surface area (Å²) >= 11 is 0. The third-order valence-electron chi connectivity index (χ3n) is 4.57. The summed E-state index contributed by atoms with van der Waals surface area (Å²) in [6.45, 7) is 1.67. The van der Waals surface area contributed by atoms with E-state index in [1.165, 1.54) is 4.68 Å². The van der Waals surface area contributed by atoms with Crippen molar-refractivity contribution >= 4 is 33.7 Å². The molecule has 30 heavy (non-hydrogen) atoms. The quantitative estimate of drug-likeness (QED) is 0.481. The Bertz CT molecular complexity index is 1400. The second kappa shape index (κ2) is 7.66. The van der Waals surface area contributed by atoms with Gasteiger partial charge in [-0.05, 0) is 25.1 Å². The summed E-state index contributed by atoms with van der Waals surface area (Å²) in [4.78, 5) is 49.3. The monoisotopic (exact) mass is 407 g/mol. The number of aryl methyl sites for hydroxylation is 1. The van der Waals surface area contributed by atoms with E-state index in [1.54, 1.807) is 55.5 Å². The van der Waals surface area contributed by atoms with Crippen LogP contribution in [0, 0.1) is 0 Å². The van der Waals surface area contributed by atoms with Gasteiger partial charge in [-0.15, -0.1) is 0 Å². The zero-order valence-corrected chi connectivity index (χ0v) is 15.9. The number of hydrazine groups is 1. The molecule has 0 saturated heterocycles. The SMILES string of the molecule is CCn1nc(C(=O)NNC(=O)Cn2c(=O)oc3ccccc32)c2ccccc2c1=O. The molecule has 2 N–H and O–H groups in total. The molecule has 10 nitrogen and oxygen atoms in total. The highest BCUT2D eigenvalue weighted by Crippen LogP contribution is 2.13. The van der Waals surface area contributed by atoms with Gasteiger partial charge in [-0.3, -0.25) is 29.8 Å². The summed E-state index contributed by atoms with van der Waals surface area (Å²) in [5.41, 5.74) is 5.06. The Morgan fingerprint density at radius 2 is 1.70 bits per heavy atom. The number of fused-ring (bicyclic) bond motifs is 2. The number of hydrogen-bond donors (Lipinski definition) is 2. The van der Waals surface area contributed by atoms with E-state index in [2.05, 4.69) is 16.0 Å². The number of carbonyl (C=O) groups is 2. The van der Waals surface area contributed by atoms with Crippen molar-refractivity contribution in [2.75, 3.05) is 0 Å². The Balaban J connectivity index is 1.54. The Morgan fingerprint density at radius 3 is 2.47 bits per heavy atom. The standard InChI is InChI=1S/C20H17N5O5/c1-2-25-19(28)13-8-4-3-7-12(13)17(23-25)18(27)22-21-16(26)11-24-14-9-5-6-10-15(14)30-20(24)29/h3-10H,2,11H2,1H3,(H,21,26)(H,22,27). The number of nitrogens with one attached hydrogen (secondary N) is 2. The van der Waals surface area contributed by atoms with Gasteiger partial charge in [0.05, 0.1) is 10.9 Å². The number of oxazole rings is 1. The first-order valence-electron chi connectivity index (χ1n) is 9.17. The lowest BCUT2D eigenvalue weighted by molar-refractivity contribution is -0.122. The molecular formula is C20H17N5O5. The fourth-order valence-corrected chi connectivity index (χ4v) is 3.15. The second-order valence-electron chi connectivity index (χ2n) is 6.44. The molecule has 0 fully saturated rings. The summed E-state index contributed by atoms with van der Waals surface area (Å²) in [5.74, 6) is -2.00. The molecule has 2 amide bonds. The molecule has 0 aliphatic heterocycles. The van der Waals surface area contributed by atoms with Crippen LogP contribution in [0.5, 0.6) is 0 Å². The molecule has 0 aliphatic rings. The number of para-hydroxylation sites is 2. The third-order valence-corrected chi connectivity index (χ3v) is 4.57. The van der Waals surface area contributed by atoms with Crippen molar-refractivity contribution in [3.8, 4) is 0 Å². The number of aromatic nitrogens is 3. The van der Waals surface area contributed by atoms with E-state index < -0.39 is 17.6 Å². The summed E-state index contributed by atoms with van der Waals surface area (Å²) in [7, 11) is 0. The molecule has 0 spiro atoms. The molecule has 152 valence electrons. The van der Waals surface area contributed by atoms with Crippen LogP contribution in [0.3, 0.4) is 0 Å². The maximum atomic E-state index is 12.6. The lowest BCUT2D eigenvalue weighted by Crippen LogP contribution is -2.44. The average Bonchev–Trinajstić information content (AvgIpc) is 3.07. The number of hydrogen-bond acceptors (Lipinski definition) is 6. The molecule has 0 bridgehead atoms. The molecule has 0 atom stereocenters. The summed E-state index contributed by atoms with van der Waals surface area (Å²) < 4.78 is 7.41. The van der Waals surface area contributed by atoms with Gasteiger partial charge in [-0.2, -0.15) is 5.10 Å². The van der Waals surface area contributed by atoms with E-state index in [9.17, 15) is 19.2 Å². The smallest absolute Gasteiger partial charge is 0.408 e. The first kappa shape index (κ1) is 19.1. The van der Waals surface area contributed by atoms with Crippen LogP contribution in [-0.4, -0.2) is 26.2 Å². The van der Waals surface area contributed by atoms with Gasteiger partial charge < -0.3 is 4.42 Å². The third kappa shape index (κ3) is 3.34. The summed E-state index contributed by atoms with van der Waals surface area (Å²) in [5, 5.41) is 4.82. The van der Waals surface area contributed by atoms with Gasteiger partial charge in [-0.1, -0.05) is 30.3 Å². The highest BCUT2D eigenvalue weighted by Gasteiger charge is 2.18. The Kier molecular flexibility index (Phi) is 4.88. The van der Waals surface area contributed by atoms with Gasteiger partial charge in [0.15, 0.2) is 11.3 Å². The number of carbonyl (C=O) groups excluding carboxylic acids is 2. The number of benzene rings is 2. The van der Waals surface area contributed by atoms with Crippen molar-refractivity contribution in [2.24, 2.45) is 0 Å². The van der Waals surface area contributed by atoms with Gasteiger partial charge in [0.2, 0.25) is 0 Å². The highest BCUT2D eigenvalue weighted by atomic mass is 16.4. The lowest BCUT2D eigenvalue weighted by Gasteiger charge is -2.11. The first-order valence-corrected chi connectivity index (χ1v) is 9.17. The maximum Gasteiger partial charge on any atom is 0.420 e. The van der Waals surface area contributed by atoms with E-state index in [4.69, 9.17) is 4.42 Å². The van der Waals surface area contributed by atoms with Crippen molar-refractivity contribution in [1.82, 2.24) is 25.2 Å². The molecule has 10 heteroatoms. The molecule has 0 saturated carbocycles. The largest absolute Gasteiger partial charge is 0.420 e.